The van der Waals surface area contributed by atoms with Crippen molar-refractivity contribution in [2.45, 2.75) is 0 Å². The lowest BCUT2D eigenvalue weighted by molar-refractivity contribution is 1.18. The highest BCUT2D eigenvalue weighted by atomic mass is 32.1. The summed E-state index contributed by atoms with van der Waals surface area (Å²) < 4.78 is 7.50. The van der Waals surface area contributed by atoms with Crippen LogP contribution in [0.2, 0.25) is 0 Å². The summed E-state index contributed by atoms with van der Waals surface area (Å²) in [6.45, 7) is 0. The molecule has 0 bridgehead atoms. The van der Waals surface area contributed by atoms with Gasteiger partial charge in [0.1, 0.15) is 0 Å². The number of hydrogen-bond acceptors (Lipinski definition) is 1. The Labute approximate surface area is 298 Å². The van der Waals surface area contributed by atoms with E-state index in [1.54, 1.807) is 0 Å². The zero-order valence-electron chi connectivity index (χ0n) is 27.6. The molecule has 11 rings (SSSR count). The van der Waals surface area contributed by atoms with Gasteiger partial charge in [-0.1, -0.05) is 121 Å². The number of nitrogens with zero attached hydrogens (tertiary/aromatic N) is 2. The van der Waals surface area contributed by atoms with Crippen LogP contribution in [0.1, 0.15) is 0 Å². The van der Waals surface area contributed by atoms with E-state index in [4.69, 9.17) is 0 Å². The van der Waals surface area contributed by atoms with Crippen LogP contribution in [0.4, 0.5) is 0 Å². The second-order valence-electron chi connectivity index (χ2n) is 13.4. The van der Waals surface area contributed by atoms with Crippen molar-refractivity contribution in [3.05, 3.63) is 182 Å². The van der Waals surface area contributed by atoms with E-state index in [9.17, 15) is 0 Å². The van der Waals surface area contributed by atoms with E-state index in [0.29, 0.717) is 0 Å². The molecule has 0 aliphatic rings. The van der Waals surface area contributed by atoms with Crippen molar-refractivity contribution in [1.82, 2.24) is 9.13 Å². The highest BCUT2D eigenvalue weighted by Crippen LogP contribution is 2.40. The van der Waals surface area contributed by atoms with Crippen LogP contribution in [-0.2, 0) is 0 Å². The number of rotatable bonds is 4. The van der Waals surface area contributed by atoms with Crippen molar-refractivity contribution in [2.24, 2.45) is 0 Å². The van der Waals surface area contributed by atoms with Crippen LogP contribution in [0.15, 0.2) is 182 Å². The predicted molar refractivity (Wildman–Crippen MR) is 219 cm³/mol. The highest BCUT2D eigenvalue weighted by molar-refractivity contribution is 7.25. The van der Waals surface area contributed by atoms with Crippen LogP contribution in [0.5, 0.6) is 0 Å². The van der Waals surface area contributed by atoms with Gasteiger partial charge in [0, 0.05) is 53.1 Å². The lowest BCUT2D eigenvalue weighted by atomic mass is 10.0. The van der Waals surface area contributed by atoms with Crippen molar-refractivity contribution in [3.8, 4) is 33.6 Å². The third-order valence-corrected chi connectivity index (χ3v) is 11.7. The van der Waals surface area contributed by atoms with Gasteiger partial charge in [-0.2, -0.15) is 0 Å². The van der Waals surface area contributed by atoms with Crippen LogP contribution >= 0.6 is 11.3 Å². The maximum Gasteiger partial charge on any atom is 0.0547 e. The van der Waals surface area contributed by atoms with Gasteiger partial charge in [-0.05, 0) is 82.9 Å². The first kappa shape index (κ1) is 28.4. The van der Waals surface area contributed by atoms with E-state index in [0.717, 1.165) is 5.69 Å². The number of benzene rings is 8. The van der Waals surface area contributed by atoms with Gasteiger partial charge >= 0.3 is 0 Å². The fraction of sp³-hybridized carbons (Fsp3) is 0. The first-order chi connectivity index (χ1) is 25.3. The lowest BCUT2D eigenvalue weighted by Crippen LogP contribution is -1.95. The molecule has 51 heavy (non-hydrogen) atoms. The number of para-hydroxylation sites is 2. The van der Waals surface area contributed by atoms with Gasteiger partial charge in [-0.25, -0.2) is 0 Å². The molecule has 0 atom stereocenters. The first-order valence-electron chi connectivity index (χ1n) is 17.4. The van der Waals surface area contributed by atoms with Crippen LogP contribution < -0.4 is 0 Å². The molecule has 0 unspecified atom stereocenters. The molecule has 3 aromatic heterocycles. The molecule has 3 heterocycles. The molecule has 238 valence electrons. The Kier molecular flexibility index (Phi) is 6.16. The smallest absolute Gasteiger partial charge is 0.0547 e. The number of aromatic nitrogens is 2. The summed E-state index contributed by atoms with van der Waals surface area (Å²) in [6, 6.07) is 66.7. The van der Waals surface area contributed by atoms with E-state index < -0.39 is 0 Å². The Morgan fingerprint density at radius 2 is 0.745 bits per heavy atom. The molecule has 0 N–H and O–H groups in total. The van der Waals surface area contributed by atoms with Gasteiger partial charge in [0.25, 0.3) is 0 Å². The molecule has 8 aromatic carbocycles. The average Bonchev–Trinajstić information content (AvgIpc) is 3.85. The van der Waals surface area contributed by atoms with Crippen molar-refractivity contribution in [3.63, 3.8) is 0 Å². The van der Waals surface area contributed by atoms with Gasteiger partial charge in [0.15, 0.2) is 0 Å². The molecule has 2 nitrogen and oxygen atoms in total. The maximum atomic E-state index is 2.44. The normalized spacial score (nSPS) is 11.9. The zero-order chi connectivity index (χ0) is 33.5. The summed E-state index contributed by atoms with van der Waals surface area (Å²) in [7, 11) is 0. The van der Waals surface area contributed by atoms with Crippen LogP contribution in [0.25, 0.3) is 97.4 Å². The highest BCUT2D eigenvalue weighted by Gasteiger charge is 2.16. The Bertz CT molecular complexity index is 3120. The summed E-state index contributed by atoms with van der Waals surface area (Å²) in [5.74, 6) is 0. The van der Waals surface area contributed by atoms with Crippen LogP contribution in [0.3, 0.4) is 0 Å². The third-order valence-electron chi connectivity index (χ3n) is 10.5. The summed E-state index contributed by atoms with van der Waals surface area (Å²) in [5.41, 5.74) is 12.1. The van der Waals surface area contributed by atoms with E-state index in [-0.39, 0.29) is 0 Å². The monoisotopic (exact) mass is 666 g/mol. The van der Waals surface area contributed by atoms with E-state index in [2.05, 4.69) is 191 Å². The molecule has 0 saturated heterocycles. The van der Waals surface area contributed by atoms with Gasteiger partial charge in [-0.3, -0.25) is 0 Å². The van der Waals surface area contributed by atoms with Gasteiger partial charge in [0.05, 0.1) is 22.1 Å². The minimum absolute atomic E-state index is 1.15. The van der Waals surface area contributed by atoms with Gasteiger partial charge in [-0.15, -0.1) is 11.3 Å². The number of thiophene rings is 1. The number of fused-ring (bicyclic) bond motifs is 9. The van der Waals surface area contributed by atoms with E-state index in [1.165, 1.54) is 91.7 Å². The SMILES string of the molecule is c1ccc(-c2ccc3c4ccccc4n(-c4ccc(-c5ccc6c7ccccc7n(-c7ccc8sc9ccccc9c8c7)c6c5)cc4)c3c2)cc1. The molecule has 0 spiro atoms. The molecular formula is C48H30N2S. The molecule has 0 amide bonds. The molecular weight excluding hydrogens is 637 g/mol. The predicted octanol–water partition coefficient (Wildman–Crippen LogP) is 13.6. The van der Waals surface area contributed by atoms with E-state index >= 15 is 0 Å². The Morgan fingerprint density at radius 3 is 1.41 bits per heavy atom. The lowest BCUT2D eigenvalue weighted by Gasteiger charge is -2.11. The van der Waals surface area contributed by atoms with Gasteiger partial charge < -0.3 is 9.13 Å². The van der Waals surface area contributed by atoms with Gasteiger partial charge in [0.2, 0.25) is 0 Å². The topological polar surface area (TPSA) is 9.86 Å². The minimum Gasteiger partial charge on any atom is -0.309 e. The summed E-state index contributed by atoms with van der Waals surface area (Å²) in [5, 5.41) is 7.70. The molecule has 3 heteroatoms. The van der Waals surface area contributed by atoms with Crippen molar-refractivity contribution >= 4 is 75.1 Å². The van der Waals surface area contributed by atoms with E-state index in [1.807, 2.05) is 11.3 Å². The second-order valence-corrected chi connectivity index (χ2v) is 14.4. The van der Waals surface area contributed by atoms with Crippen molar-refractivity contribution in [1.29, 1.82) is 0 Å². The summed E-state index contributed by atoms with van der Waals surface area (Å²) in [4.78, 5) is 0. The van der Waals surface area contributed by atoms with Crippen molar-refractivity contribution in [2.75, 3.05) is 0 Å². The Balaban J connectivity index is 1.06. The maximum absolute atomic E-state index is 2.44. The first-order valence-corrected chi connectivity index (χ1v) is 18.2. The Morgan fingerprint density at radius 1 is 0.275 bits per heavy atom. The standard InChI is InChI=1S/C48H30N2S/c1-2-10-31(11-3-1)33-20-25-39-37-12-4-7-15-43(37)49(45(39)28-33)35-22-18-32(19-23-35)34-21-26-40-38-13-5-8-16-44(38)50(46(40)29-34)36-24-27-48-42(30-36)41-14-6-9-17-47(41)51-48/h1-30H. The molecule has 0 saturated carbocycles. The second kappa shape index (κ2) is 11.0. The zero-order valence-corrected chi connectivity index (χ0v) is 28.4. The van der Waals surface area contributed by atoms with Crippen molar-refractivity contribution < 1.29 is 0 Å². The molecule has 11 aromatic rings. The molecule has 0 aliphatic heterocycles. The summed E-state index contributed by atoms with van der Waals surface area (Å²) >= 11 is 1.86. The largest absolute Gasteiger partial charge is 0.309 e. The molecule has 0 radical (unpaired) electrons. The fourth-order valence-corrected chi connectivity index (χ4v) is 9.23. The number of hydrogen-bond donors (Lipinski definition) is 0. The van der Waals surface area contributed by atoms with Crippen LogP contribution in [-0.4, -0.2) is 9.13 Å². The molecule has 0 fully saturated rings. The minimum atomic E-state index is 1.15. The van der Waals surface area contributed by atoms with Crippen LogP contribution in [0, 0.1) is 0 Å². The molecule has 0 aliphatic carbocycles. The third kappa shape index (κ3) is 4.35. The Hall–Kier alpha value is -6.42. The fourth-order valence-electron chi connectivity index (χ4n) is 8.14. The average molecular weight is 667 g/mol. The summed E-state index contributed by atoms with van der Waals surface area (Å²) in [6.07, 6.45) is 0. The quantitative estimate of drug-likeness (QED) is 0.177.